The zero-order valence-corrected chi connectivity index (χ0v) is 18.8. The van der Waals surface area contributed by atoms with Crippen molar-refractivity contribution in [3.63, 3.8) is 0 Å². The molecule has 162 valence electrons. The van der Waals surface area contributed by atoms with E-state index < -0.39 is 0 Å². The molecule has 2 aromatic carbocycles. The maximum Gasteiger partial charge on any atom is 0.251 e. The van der Waals surface area contributed by atoms with Crippen LogP contribution in [0, 0.1) is 0 Å². The van der Waals surface area contributed by atoms with Crippen molar-refractivity contribution in [1.82, 2.24) is 9.88 Å². The average molecular weight is 436 g/mol. The molecule has 3 aromatic rings. The second kappa shape index (κ2) is 9.05. The highest BCUT2D eigenvalue weighted by Gasteiger charge is 2.18. The molecule has 1 aliphatic carbocycles. The third-order valence-electron chi connectivity index (χ3n) is 6.90. The lowest BCUT2D eigenvalue weighted by atomic mass is 9.89. The van der Waals surface area contributed by atoms with Gasteiger partial charge in [-0.15, -0.1) is 0 Å². The number of H-pyrrole nitrogens is 1. The van der Waals surface area contributed by atoms with Crippen LogP contribution in [0.25, 0.3) is 10.9 Å². The van der Waals surface area contributed by atoms with Gasteiger partial charge in [0.15, 0.2) is 0 Å². The number of nitrogens with zero attached hydrogens (tertiary/aromatic N) is 2. The molecule has 1 aromatic heterocycles. The Morgan fingerprint density at radius 2 is 1.65 bits per heavy atom. The Morgan fingerprint density at radius 1 is 0.903 bits per heavy atom. The first kappa shape index (κ1) is 20.6. The largest absolute Gasteiger partial charge is 0.369 e. The van der Waals surface area contributed by atoms with E-state index in [0.29, 0.717) is 0 Å². The summed E-state index contributed by atoms with van der Waals surface area (Å²) in [4.78, 5) is 20.5. The van der Waals surface area contributed by atoms with Crippen molar-refractivity contribution in [2.75, 3.05) is 37.6 Å². The molecule has 4 nitrogen and oxygen atoms in total. The molecule has 0 atom stereocenters. The van der Waals surface area contributed by atoms with Crippen LogP contribution in [0.3, 0.4) is 0 Å². The molecule has 0 saturated carbocycles. The van der Waals surface area contributed by atoms with E-state index >= 15 is 0 Å². The Hall–Kier alpha value is -2.30. The van der Waals surface area contributed by atoms with Gasteiger partial charge in [0.1, 0.15) is 0 Å². The first-order chi connectivity index (χ1) is 15.2. The molecule has 0 unspecified atom stereocenters. The van der Waals surface area contributed by atoms with Crippen LogP contribution in [-0.2, 0) is 19.3 Å². The molecule has 5 rings (SSSR count). The molecule has 0 radical (unpaired) electrons. The number of aromatic amines is 1. The van der Waals surface area contributed by atoms with Crippen LogP contribution in [-0.4, -0.2) is 42.6 Å². The summed E-state index contributed by atoms with van der Waals surface area (Å²) in [5, 5.41) is 2.06. The molecule has 0 amide bonds. The molecule has 0 spiro atoms. The minimum atomic E-state index is 0.118. The first-order valence-electron chi connectivity index (χ1n) is 11.6. The van der Waals surface area contributed by atoms with Gasteiger partial charge in [0.25, 0.3) is 5.56 Å². The van der Waals surface area contributed by atoms with Gasteiger partial charge in [0.2, 0.25) is 0 Å². The van der Waals surface area contributed by atoms with Gasteiger partial charge in [0.05, 0.1) is 0 Å². The fraction of sp³-hybridized carbons (Fsp3) is 0.423. The lowest BCUT2D eigenvalue weighted by Crippen LogP contribution is -2.46. The van der Waals surface area contributed by atoms with Gasteiger partial charge in [-0.1, -0.05) is 17.7 Å². The number of nitrogens with one attached hydrogen (secondary N) is 1. The lowest BCUT2D eigenvalue weighted by molar-refractivity contribution is 0.255. The predicted molar refractivity (Wildman–Crippen MR) is 130 cm³/mol. The van der Waals surface area contributed by atoms with Gasteiger partial charge >= 0.3 is 0 Å². The van der Waals surface area contributed by atoms with Gasteiger partial charge in [-0.25, -0.2) is 0 Å². The van der Waals surface area contributed by atoms with Gasteiger partial charge in [-0.2, -0.15) is 0 Å². The zero-order valence-electron chi connectivity index (χ0n) is 18.0. The number of hydrogen-bond acceptors (Lipinski definition) is 3. The normalized spacial score (nSPS) is 17.1. The van der Waals surface area contributed by atoms with E-state index in [1.54, 1.807) is 0 Å². The predicted octanol–water partition coefficient (Wildman–Crippen LogP) is 4.82. The summed E-state index contributed by atoms with van der Waals surface area (Å²) in [6.07, 6.45) is 6.54. The van der Waals surface area contributed by atoms with Crippen molar-refractivity contribution in [3.05, 3.63) is 74.5 Å². The Labute approximate surface area is 188 Å². The van der Waals surface area contributed by atoms with Crippen molar-refractivity contribution in [3.8, 4) is 0 Å². The molecular formula is C26H30ClN3O. The summed E-state index contributed by atoms with van der Waals surface area (Å²) in [5.74, 6) is 0. The van der Waals surface area contributed by atoms with Crippen molar-refractivity contribution in [2.24, 2.45) is 0 Å². The van der Waals surface area contributed by atoms with Crippen LogP contribution < -0.4 is 10.5 Å². The molecule has 1 saturated heterocycles. The molecule has 31 heavy (non-hydrogen) atoms. The highest BCUT2D eigenvalue weighted by Crippen LogP contribution is 2.26. The number of anilines is 1. The van der Waals surface area contributed by atoms with Gasteiger partial charge in [-0.3, -0.25) is 9.69 Å². The highest BCUT2D eigenvalue weighted by atomic mass is 35.5. The van der Waals surface area contributed by atoms with Gasteiger partial charge in [0, 0.05) is 53.4 Å². The summed E-state index contributed by atoms with van der Waals surface area (Å²) in [5.41, 5.74) is 6.08. The summed E-state index contributed by atoms with van der Waals surface area (Å²) >= 11 is 6.01. The minimum Gasteiger partial charge on any atom is -0.369 e. The minimum absolute atomic E-state index is 0.118. The van der Waals surface area contributed by atoms with Crippen molar-refractivity contribution in [2.45, 2.75) is 38.5 Å². The van der Waals surface area contributed by atoms with Gasteiger partial charge < -0.3 is 9.88 Å². The fourth-order valence-corrected chi connectivity index (χ4v) is 5.27. The number of pyridine rings is 1. The Kier molecular flexibility index (Phi) is 6.02. The van der Waals surface area contributed by atoms with Crippen molar-refractivity contribution < 1.29 is 0 Å². The molecule has 1 aliphatic heterocycles. The third-order valence-corrected chi connectivity index (χ3v) is 7.16. The van der Waals surface area contributed by atoms with E-state index in [2.05, 4.69) is 45.1 Å². The molecule has 1 N–H and O–H groups in total. The molecule has 5 heteroatoms. The molecule has 1 fully saturated rings. The maximum absolute atomic E-state index is 12.4. The van der Waals surface area contributed by atoms with Crippen LogP contribution in [0.1, 0.15) is 36.0 Å². The van der Waals surface area contributed by atoms with Gasteiger partial charge in [-0.05, 0) is 92.6 Å². The van der Waals surface area contributed by atoms with Crippen LogP contribution in [0.2, 0.25) is 5.02 Å². The Morgan fingerprint density at radius 3 is 2.42 bits per heavy atom. The number of aryl methyl sites for hydroxylation is 2. The van der Waals surface area contributed by atoms with E-state index in [1.165, 1.54) is 28.6 Å². The second-order valence-corrected chi connectivity index (χ2v) is 9.34. The fourth-order valence-electron chi connectivity index (χ4n) is 5.14. The third kappa shape index (κ3) is 4.51. The van der Waals surface area contributed by atoms with Crippen LogP contribution in [0.15, 0.2) is 47.3 Å². The number of hydrogen-bond donors (Lipinski definition) is 1. The van der Waals surface area contributed by atoms with E-state index in [9.17, 15) is 4.79 Å². The lowest BCUT2D eigenvalue weighted by Gasteiger charge is -2.36. The molecular weight excluding hydrogens is 406 g/mol. The number of aromatic nitrogens is 1. The molecule has 0 bridgehead atoms. The summed E-state index contributed by atoms with van der Waals surface area (Å²) < 4.78 is 0. The first-order valence-corrected chi connectivity index (χ1v) is 11.9. The number of benzene rings is 2. The van der Waals surface area contributed by atoms with E-state index in [0.717, 1.165) is 80.9 Å². The smallest absolute Gasteiger partial charge is 0.251 e. The second-order valence-electron chi connectivity index (χ2n) is 8.91. The summed E-state index contributed by atoms with van der Waals surface area (Å²) in [6.45, 7) is 5.48. The van der Waals surface area contributed by atoms with Crippen molar-refractivity contribution >= 4 is 28.2 Å². The van der Waals surface area contributed by atoms with Crippen LogP contribution in [0.4, 0.5) is 5.69 Å². The Bertz CT molecular complexity index is 1110. The van der Waals surface area contributed by atoms with Crippen LogP contribution >= 0.6 is 11.6 Å². The Balaban J connectivity index is 1.18. The van der Waals surface area contributed by atoms with Crippen molar-refractivity contribution in [1.29, 1.82) is 0 Å². The quantitative estimate of drug-likeness (QED) is 0.624. The number of rotatable bonds is 5. The average Bonchev–Trinajstić information content (AvgIpc) is 2.81. The van der Waals surface area contributed by atoms with E-state index in [1.807, 2.05) is 12.1 Å². The highest BCUT2D eigenvalue weighted by molar-refractivity contribution is 6.30. The SMILES string of the molecule is O=c1[nH]c2ccc(CCCN3CCN(c4ccc(Cl)cc4)CC3)cc2c2c1CCCC2. The summed E-state index contributed by atoms with van der Waals surface area (Å²) in [6, 6.07) is 14.8. The number of halogens is 1. The number of piperazine rings is 1. The van der Waals surface area contributed by atoms with Crippen LogP contribution in [0.5, 0.6) is 0 Å². The standard InChI is InChI=1S/C26H30ClN3O/c27-20-8-10-21(11-9-20)30-16-14-29(15-17-30)13-3-4-19-7-12-25-24(18-19)22-5-1-2-6-23(22)26(31)28-25/h7-12,18H,1-6,13-17H2,(H,28,31). The topological polar surface area (TPSA) is 39.3 Å². The maximum atomic E-state index is 12.4. The summed E-state index contributed by atoms with van der Waals surface area (Å²) in [7, 11) is 0. The zero-order chi connectivity index (χ0) is 21.2. The molecule has 2 heterocycles. The van der Waals surface area contributed by atoms with E-state index in [4.69, 9.17) is 11.6 Å². The molecule has 2 aliphatic rings. The van der Waals surface area contributed by atoms with E-state index in [-0.39, 0.29) is 5.56 Å². The monoisotopic (exact) mass is 435 g/mol. The number of fused-ring (bicyclic) bond motifs is 3.